The average Bonchev–Trinajstić information content (AvgIpc) is 0. The maximum Gasteiger partial charge on any atom is 2.00 e. The topological polar surface area (TPSA) is 218 Å². The first-order chi connectivity index (χ1) is 0. The van der Waals surface area contributed by atoms with Crippen molar-refractivity contribution in [1.82, 2.24) is 0 Å². The van der Waals surface area contributed by atoms with Gasteiger partial charge in [-0.3, -0.25) is 0 Å². The fourth-order valence-corrected chi connectivity index (χ4v) is 0. The zero-order valence-corrected chi connectivity index (χ0v) is 9.68. The summed E-state index contributed by atoms with van der Waals surface area (Å²) in [6.07, 6.45) is 0. The van der Waals surface area contributed by atoms with Gasteiger partial charge in [0.1, 0.15) is 0 Å². The van der Waals surface area contributed by atoms with E-state index >= 15 is 0 Å². The second-order valence-corrected chi connectivity index (χ2v) is 0. The van der Waals surface area contributed by atoms with Crippen LogP contribution in [0.15, 0.2) is 0 Å². The van der Waals surface area contributed by atoms with E-state index in [1.807, 2.05) is 0 Å². The molecule has 0 saturated heterocycles. The maximum atomic E-state index is 0. The summed E-state index contributed by atoms with van der Waals surface area (Å²) in [6, 6.07) is 0. The van der Waals surface area contributed by atoms with E-state index in [2.05, 4.69) is 0 Å². The van der Waals surface area contributed by atoms with Crippen LogP contribution in [0.4, 0.5) is 0 Å². The number of hydrogen-bond donors (Lipinski definition) is 0. The Hall–Kier alpha value is 2.04. The minimum absolute atomic E-state index is 0. The molecule has 0 aliphatic rings. The van der Waals surface area contributed by atoms with Gasteiger partial charge in [0.2, 0.25) is 0 Å². The molecule has 0 radical (unpaired) electrons. The molecule has 0 aliphatic heterocycles. The monoisotopic (exact) mass is 268 g/mol. The molecule has 0 amide bonds. The van der Waals surface area contributed by atoms with Crippen molar-refractivity contribution in [3.8, 4) is 0 Å². The third-order valence-corrected chi connectivity index (χ3v) is 0. The van der Waals surface area contributed by atoms with Gasteiger partial charge in [0.15, 0.2) is 0 Å². The van der Waals surface area contributed by atoms with E-state index in [4.69, 9.17) is 0 Å². The van der Waals surface area contributed by atoms with Crippen LogP contribution in [0, 0.1) is 0 Å². The molecule has 10 heteroatoms. The molecular weight excluding hydrogens is 256 g/mol. The van der Waals surface area contributed by atoms with E-state index in [1.165, 1.54) is 0 Å². The van der Waals surface area contributed by atoms with Crippen molar-refractivity contribution in [2.45, 2.75) is 0 Å². The summed E-state index contributed by atoms with van der Waals surface area (Å²) in [6.45, 7) is 0. The van der Waals surface area contributed by atoms with Crippen molar-refractivity contribution >= 4 is 37.7 Å². The molecule has 0 spiro atoms. The fraction of sp³-hybridized carbons (Fsp3) is 0. The van der Waals surface area contributed by atoms with Gasteiger partial charge in [-0.25, -0.2) is 0 Å². The Bertz CT molecular complexity index is 11.6. The second kappa shape index (κ2) is 267. The van der Waals surface area contributed by atoms with Gasteiger partial charge in [0, 0.05) is 34.7 Å². The first-order valence-corrected chi connectivity index (χ1v) is 0. The van der Waals surface area contributed by atoms with Crippen LogP contribution in [0.2, 0.25) is 0 Å². The van der Waals surface area contributed by atoms with Gasteiger partial charge in [-0.1, -0.05) is 0 Å². The Morgan fingerprint density at radius 3 is 0.400 bits per heavy atom. The van der Waals surface area contributed by atoms with Gasteiger partial charge in [-0.15, -0.1) is 0 Å². The molecular formula is H12CaCr2O7. The van der Waals surface area contributed by atoms with Crippen molar-refractivity contribution in [3.63, 3.8) is 0 Å². The summed E-state index contributed by atoms with van der Waals surface area (Å²) >= 11 is 0. The normalized spacial score (nSPS) is 0. The molecule has 0 bridgehead atoms. The van der Waals surface area contributed by atoms with E-state index in [1.54, 1.807) is 0 Å². The van der Waals surface area contributed by atoms with Gasteiger partial charge in [0.25, 0.3) is 0 Å². The third kappa shape index (κ3) is 197. The predicted molar refractivity (Wildman–Crippen MR) is 27.7 cm³/mol. The van der Waals surface area contributed by atoms with Crippen molar-refractivity contribution < 1.29 is 73.1 Å². The summed E-state index contributed by atoms with van der Waals surface area (Å²) in [7, 11) is 0. The molecule has 0 aromatic heterocycles. The molecule has 0 fully saturated rings. The van der Waals surface area contributed by atoms with Crippen LogP contribution in [0.5, 0.6) is 0 Å². The molecule has 0 rings (SSSR count). The van der Waals surface area contributed by atoms with Crippen LogP contribution < -0.4 is 0 Å². The Kier molecular flexibility index (Phi) is 9370. The number of hydrogen-bond acceptors (Lipinski definition) is 2. The van der Waals surface area contributed by atoms with Crippen LogP contribution in [-0.4, -0.2) is 76.1 Å². The molecule has 10 heavy (non-hydrogen) atoms. The van der Waals surface area contributed by atoms with Crippen molar-refractivity contribution in [2.75, 3.05) is 0 Å². The molecule has 0 saturated carbocycles. The van der Waals surface area contributed by atoms with Gasteiger partial charge >= 0.3 is 37.7 Å². The van der Waals surface area contributed by atoms with E-state index in [0.29, 0.717) is 0 Å². The first-order valence-electron chi connectivity index (χ1n) is 0. The Balaban J connectivity index is 0. The smallest absolute Gasteiger partial charge is 0.870 e. The summed E-state index contributed by atoms with van der Waals surface area (Å²) < 4.78 is 0. The fourth-order valence-electron chi connectivity index (χ4n) is 0. The maximum absolute atomic E-state index is 0. The summed E-state index contributed by atoms with van der Waals surface area (Å²) in [5.74, 6) is 0. The van der Waals surface area contributed by atoms with E-state index in [-0.39, 0.29) is 111 Å². The Morgan fingerprint density at radius 1 is 0.400 bits per heavy atom. The van der Waals surface area contributed by atoms with E-state index in [9.17, 15) is 0 Å². The first kappa shape index (κ1) is 351. The number of rotatable bonds is 0. The van der Waals surface area contributed by atoms with Crippen molar-refractivity contribution in [2.24, 2.45) is 0 Å². The molecule has 68 valence electrons. The minimum Gasteiger partial charge on any atom is -0.870 e. The quantitative estimate of drug-likeness (QED) is 0.394. The third-order valence-electron chi connectivity index (χ3n) is 0. The predicted octanol–water partition coefficient (Wildman–Crippen LogP) is -4.86. The molecule has 7 nitrogen and oxygen atoms in total. The largest absolute Gasteiger partial charge is 2.00 e. The van der Waals surface area contributed by atoms with Crippen LogP contribution in [-0.2, 0) is 34.7 Å². The van der Waals surface area contributed by atoms with Crippen molar-refractivity contribution in [3.05, 3.63) is 0 Å². The van der Waals surface area contributed by atoms with Crippen LogP contribution >= 0.6 is 0 Å². The molecule has 0 unspecified atom stereocenters. The molecule has 12 N–H and O–H groups in total. The van der Waals surface area contributed by atoms with E-state index < -0.39 is 0 Å². The molecule has 0 aromatic carbocycles. The standard InChI is InChI=1S/Ca.2Cr.7H2O/h;;;7*1H2/q+2;;;;;;;;;/p-2. The molecule has 0 atom stereocenters. The van der Waals surface area contributed by atoms with Gasteiger partial charge in [0.05, 0.1) is 0 Å². The van der Waals surface area contributed by atoms with Crippen LogP contribution in [0.3, 0.4) is 0 Å². The molecule has 0 aliphatic carbocycles. The minimum atomic E-state index is 0. The summed E-state index contributed by atoms with van der Waals surface area (Å²) in [4.78, 5) is 0. The zero-order chi connectivity index (χ0) is 0. The van der Waals surface area contributed by atoms with Gasteiger partial charge in [-0.05, 0) is 0 Å². The SMILES string of the molecule is O.O.O.O.O.[Ca+2].[Cr].[Cr].[OH-].[OH-]. The van der Waals surface area contributed by atoms with Crippen LogP contribution in [0.25, 0.3) is 0 Å². The van der Waals surface area contributed by atoms with Gasteiger partial charge < -0.3 is 38.3 Å². The molecule has 0 aromatic rings. The Labute approximate surface area is 110 Å². The zero-order valence-electron chi connectivity index (χ0n) is 4.92. The van der Waals surface area contributed by atoms with Crippen molar-refractivity contribution in [1.29, 1.82) is 0 Å². The Morgan fingerprint density at radius 2 is 0.400 bits per heavy atom. The average molecular weight is 268 g/mol. The van der Waals surface area contributed by atoms with Crippen LogP contribution in [0.1, 0.15) is 0 Å². The second-order valence-electron chi connectivity index (χ2n) is 0. The van der Waals surface area contributed by atoms with E-state index in [0.717, 1.165) is 0 Å². The summed E-state index contributed by atoms with van der Waals surface area (Å²) in [5, 5.41) is 0. The summed E-state index contributed by atoms with van der Waals surface area (Å²) in [5.41, 5.74) is 0. The van der Waals surface area contributed by atoms with Gasteiger partial charge in [-0.2, -0.15) is 0 Å². The molecule has 0 heterocycles.